The summed E-state index contributed by atoms with van der Waals surface area (Å²) >= 11 is 0. The average Bonchev–Trinajstić information content (AvgIpc) is 3.24. The van der Waals surface area contributed by atoms with Gasteiger partial charge in [-0.2, -0.15) is 0 Å². The van der Waals surface area contributed by atoms with Crippen molar-refractivity contribution in [1.29, 1.82) is 0 Å². The monoisotopic (exact) mass is 738 g/mol. The van der Waals surface area contributed by atoms with E-state index in [4.69, 9.17) is 19.4 Å². The second-order valence-corrected chi connectivity index (χ2v) is 14.9. The molecule has 8 aromatic rings. The number of methoxy groups -OCH3 is 1. The number of phenolic OH excluding ortho intramolecular Hbond substituents is 1. The Morgan fingerprint density at radius 1 is 0.518 bits per heavy atom. The molecule has 0 atom stereocenters. The molecule has 282 valence electrons. The van der Waals surface area contributed by atoms with E-state index in [9.17, 15) is 5.11 Å². The largest absolute Gasteiger partial charge is 0.507 e. The number of aromatic nitrogens is 2. The SMILES string of the molecule is CCCCCCCCCCCCOc1ccc(-c2nc(-c3ccccc3)cc(-c3ccc4ccc5c(-c6ccccc6OC)ccc6ccc3c4c65)n2)c(O)c1. The minimum Gasteiger partial charge on any atom is -0.507 e. The Hall–Kier alpha value is -5.94. The van der Waals surface area contributed by atoms with Gasteiger partial charge in [0.05, 0.1) is 30.7 Å². The lowest BCUT2D eigenvalue weighted by Gasteiger charge is -2.18. The van der Waals surface area contributed by atoms with Gasteiger partial charge in [-0.15, -0.1) is 0 Å². The molecule has 0 spiro atoms. The number of aromatic hydroxyl groups is 1. The zero-order valence-electron chi connectivity index (χ0n) is 32.6. The van der Waals surface area contributed by atoms with Gasteiger partial charge in [0.2, 0.25) is 0 Å². The van der Waals surface area contributed by atoms with Gasteiger partial charge in [-0.25, -0.2) is 9.97 Å². The number of para-hydroxylation sites is 1. The molecule has 5 nitrogen and oxygen atoms in total. The van der Waals surface area contributed by atoms with Crippen molar-refractivity contribution in [3.63, 3.8) is 0 Å². The second kappa shape index (κ2) is 17.2. The van der Waals surface area contributed by atoms with Gasteiger partial charge in [-0.05, 0) is 68.6 Å². The third-order valence-corrected chi connectivity index (χ3v) is 11.1. The Morgan fingerprint density at radius 2 is 1.11 bits per heavy atom. The quantitative estimate of drug-likeness (QED) is 0.0744. The average molecular weight is 739 g/mol. The number of unbranched alkanes of at least 4 members (excludes halogenated alkanes) is 9. The lowest BCUT2D eigenvalue weighted by atomic mass is 9.87. The van der Waals surface area contributed by atoms with Gasteiger partial charge in [0, 0.05) is 22.8 Å². The van der Waals surface area contributed by atoms with E-state index in [-0.39, 0.29) is 5.75 Å². The number of nitrogens with zero attached hydrogens (tertiary/aromatic N) is 2. The molecule has 8 rings (SSSR count). The Kier molecular flexibility index (Phi) is 11.4. The molecule has 0 fully saturated rings. The molecule has 0 radical (unpaired) electrons. The minimum absolute atomic E-state index is 0.0981. The molecule has 7 aromatic carbocycles. The van der Waals surface area contributed by atoms with Crippen LogP contribution in [0.5, 0.6) is 17.2 Å². The van der Waals surface area contributed by atoms with Crippen LogP contribution in [0.2, 0.25) is 0 Å². The van der Waals surface area contributed by atoms with Crippen molar-refractivity contribution in [3.8, 4) is 62.3 Å². The van der Waals surface area contributed by atoms with E-state index in [0.29, 0.717) is 23.7 Å². The van der Waals surface area contributed by atoms with Crippen LogP contribution in [0.15, 0.2) is 127 Å². The summed E-state index contributed by atoms with van der Waals surface area (Å²) in [6.07, 6.45) is 12.8. The van der Waals surface area contributed by atoms with Crippen LogP contribution in [0.25, 0.3) is 77.3 Å². The number of ether oxygens (including phenoxy) is 2. The Balaban J connectivity index is 1.11. The molecule has 0 aliphatic heterocycles. The Morgan fingerprint density at radius 3 is 1.80 bits per heavy atom. The molecule has 0 aliphatic rings. The first-order valence-electron chi connectivity index (χ1n) is 20.4. The van der Waals surface area contributed by atoms with Crippen LogP contribution >= 0.6 is 0 Å². The van der Waals surface area contributed by atoms with E-state index in [1.807, 2.05) is 42.5 Å². The predicted octanol–water partition coefficient (Wildman–Crippen LogP) is 14.1. The molecule has 1 aromatic heterocycles. The highest BCUT2D eigenvalue weighted by molar-refractivity contribution is 6.27. The van der Waals surface area contributed by atoms with Gasteiger partial charge in [0.25, 0.3) is 0 Å². The zero-order valence-corrected chi connectivity index (χ0v) is 32.6. The molecule has 0 saturated carbocycles. The molecule has 1 N–H and O–H groups in total. The summed E-state index contributed by atoms with van der Waals surface area (Å²) in [5, 5.41) is 18.4. The highest BCUT2D eigenvalue weighted by Crippen LogP contribution is 2.44. The lowest BCUT2D eigenvalue weighted by molar-refractivity contribution is 0.302. The first-order chi connectivity index (χ1) is 27.6. The lowest BCUT2D eigenvalue weighted by Crippen LogP contribution is -1.99. The summed E-state index contributed by atoms with van der Waals surface area (Å²) in [6, 6.07) is 43.5. The number of hydrogen-bond acceptors (Lipinski definition) is 5. The standard InChI is InChI=1S/C51H50N2O3/c1-3-4-5-6-7-8-9-10-11-17-32-56-38-26-31-44(47(54)33-38)51-52-45(35-18-13-12-14-19-35)34-46(53-51)40-28-23-37-24-29-42-39(41-20-15-16-21-48(41)55-2)27-22-36-25-30-43(40)50(37)49(36)42/h12-16,18-31,33-34,54H,3-11,17,32H2,1-2H3. The van der Waals surface area contributed by atoms with E-state index >= 15 is 0 Å². The number of hydrogen-bond donors (Lipinski definition) is 1. The molecule has 0 unspecified atom stereocenters. The molecular formula is C51H50N2O3. The molecule has 56 heavy (non-hydrogen) atoms. The van der Waals surface area contributed by atoms with Gasteiger partial charge in [0.15, 0.2) is 5.82 Å². The van der Waals surface area contributed by atoms with Crippen molar-refractivity contribution in [2.45, 2.75) is 71.1 Å². The maximum Gasteiger partial charge on any atom is 0.164 e. The maximum atomic E-state index is 11.4. The summed E-state index contributed by atoms with van der Waals surface area (Å²) in [5.41, 5.74) is 6.33. The van der Waals surface area contributed by atoms with Crippen LogP contribution in [0.4, 0.5) is 0 Å². The first kappa shape index (κ1) is 37.0. The van der Waals surface area contributed by atoms with Crippen LogP contribution < -0.4 is 9.47 Å². The van der Waals surface area contributed by atoms with Crippen molar-refractivity contribution in [2.75, 3.05) is 13.7 Å². The van der Waals surface area contributed by atoms with Crippen molar-refractivity contribution >= 4 is 32.3 Å². The van der Waals surface area contributed by atoms with Gasteiger partial charge in [-0.3, -0.25) is 0 Å². The molecular weight excluding hydrogens is 689 g/mol. The molecule has 0 bridgehead atoms. The van der Waals surface area contributed by atoms with E-state index in [2.05, 4.69) is 85.8 Å². The van der Waals surface area contributed by atoms with E-state index < -0.39 is 0 Å². The normalized spacial score (nSPS) is 11.5. The van der Waals surface area contributed by atoms with Gasteiger partial charge >= 0.3 is 0 Å². The van der Waals surface area contributed by atoms with E-state index in [1.54, 1.807) is 13.2 Å². The summed E-state index contributed by atoms with van der Waals surface area (Å²) < 4.78 is 11.9. The fraction of sp³-hybridized carbons (Fsp3) is 0.255. The second-order valence-electron chi connectivity index (χ2n) is 14.9. The van der Waals surface area contributed by atoms with Gasteiger partial charge < -0.3 is 14.6 Å². The van der Waals surface area contributed by atoms with Crippen LogP contribution in [0.3, 0.4) is 0 Å². The van der Waals surface area contributed by atoms with Crippen LogP contribution in [-0.4, -0.2) is 28.8 Å². The fourth-order valence-electron chi connectivity index (χ4n) is 8.16. The Bertz CT molecular complexity index is 2560. The third kappa shape index (κ3) is 7.77. The maximum absolute atomic E-state index is 11.4. The van der Waals surface area contributed by atoms with Crippen molar-refractivity contribution in [2.24, 2.45) is 0 Å². The predicted molar refractivity (Wildman–Crippen MR) is 233 cm³/mol. The van der Waals surface area contributed by atoms with Gasteiger partial charge in [-0.1, -0.05) is 162 Å². The number of phenols is 1. The molecule has 0 saturated heterocycles. The smallest absolute Gasteiger partial charge is 0.164 e. The minimum atomic E-state index is 0.0981. The van der Waals surface area contributed by atoms with Crippen molar-refractivity contribution in [3.05, 3.63) is 127 Å². The summed E-state index contributed by atoms with van der Waals surface area (Å²) in [6.45, 7) is 2.90. The summed E-state index contributed by atoms with van der Waals surface area (Å²) in [4.78, 5) is 10.2. The van der Waals surface area contributed by atoms with Crippen molar-refractivity contribution in [1.82, 2.24) is 9.97 Å². The molecule has 0 aliphatic carbocycles. The number of rotatable bonds is 17. The van der Waals surface area contributed by atoms with Crippen molar-refractivity contribution < 1.29 is 14.6 Å². The van der Waals surface area contributed by atoms with E-state index in [1.165, 1.54) is 78.3 Å². The number of benzene rings is 7. The first-order valence-corrected chi connectivity index (χ1v) is 20.4. The highest BCUT2D eigenvalue weighted by atomic mass is 16.5. The highest BCUT2D eigenvalue weighted by Gasteiger charge is 2.19. The van der Waals surface area contributed by atoms with Crippen LogP contribution in [0.1, 0.15) is 71.1 Å². The fourth-order valence-corrected chi connectivity index (χ4v) is 8.16. The van der Waals surface area contributed by atoms with E-state index in [0.717, 1.165) is 57.6 Å². The molecule has 5 heteroatoms. The summed E-state index contributed by atoms with van der Waals surface area (Å²) in [7, 11) is 1.72. The summed E-state index contributed by atoms with van der Waals surface area (Å²) in [5.74, 6) is 2.06. The van der Waals surface area contributed by atoms with Crippen LogP contribution in [-0.2, 0) is 0 Å². The van der Waals surface area contributed by atoms with Gasteiger partial charge in [0.1, 0.15) is 17.2 Å². The topological polar surface area (TPSA) is 64.5 Å². The zero-order chi connectivity index (χ0) is 38.3. The molecule has 0 amide bonds. The molecule has 1 heterocycles. The third-order valence-electron chi connectivity index (χ3n) is 11.1. The Labute approximate surface area is 330 Å². The van der Waals surface area contributed by atoms with Crippen LogP contribution in [0, 0.1) is 0 Å².